The SMILES string of the molecule is COC(CN(C(=O)Nn1c(-c2cc(C)c(F)c(C)c2)nc2c1[C@H](C)N(C(=O)OC(C)(C)C)CC2)c1ccc2c(cnn2C)c1F)OC. The molecule has 3 heterocycles. The number of methoxy groups -OCH3 is 2. The molecule has 3 amide bonds. The highest BCUT2D eigenvalue weighted by atomic mass is 19.1. The van der Waals surface area contributed by atoms with Crippen LogP contribution in [0.1, 0.15) is 56.3 Å². The van der Waals surface area contributed by atoms with Crippen LogP contribution in [0.15, 0.2) is 30.5 Å². The summed E-state index contributed by atoms with van der Waals surface area (Å²) in [6.07, 6.45) is 0.357. The number of rotatable bonds is 7. The number of nitrogens with zero attached hydrogens (tertiary/aromatic N) is 6. The highest BCUT2D eigenvalue weighted by Gasteiger charge is 2.37. The summed E-state index contributed by atoms with van der Waals surface area (Å²) in [4.78, 5) is 35.2. The van der Waals surface area contributed by atoms with E-state index in [2.05, 4.69) is 10.5 Å². The fourth-order valence-electron chi connectivity index (χ4n) is 5.84. The Morgan fingerprint density at radius 2 is 1.77 bits per heavy atom. The first-order valence-corrected chi connectivity index (χ1v) is 15.3. The van der Waals surface area contributed by atoms with Crippen LogP contribution < -0.4 is 10.3 Å². The molecule has 1 aliphatic rings. The van der Waals surface area contributed by atoms with Crippen LogP contribution >= 0.6 is 0 Å². The molecule has 47 heavy (non-hydrogen) atoms. The van der Waals surface area contributed by atoms with E-state index in [-0.39, 0.29) is 23.4 Å². The average Bonchev–Trinajstić information content (AvgIpc) is 3.57. The molecule has 1 aliphatic heterocycles. The Bertz CT molecular complexity index is 1800. The standard InChI is InChI=1S/C33H41F2N7O5/c1-18-14-21(15-19(2)27(18)34)30-37-23-12-13-40(32(44)47-33(4,5)6)20(3)29(23)42(30)38-31(43)41(17-26(45-8)46-9)25-11-10-24-22(28(25)35)16-36-39(24)7/h10-11,14-16,20,26H,12-13,17H2,1-9H3,(H,38,43)/t20-/m0/s1. The molecule has 14 heteroatoms. The zero-order chi connectivity index (χ0) is 34.4. The third-order valence-corrected chi connectivity index (χ3v) is 8.21. The van der Waals surface area contributed by atoms with Gasteiger partial charge in [0.1, 0.15) is 11.4 Å². The molecule has 0 saturated carbocycles. The lowest BCUT2D eigenvalue weighted by Crippen LogP contribution is -2.46. The lowest BCUT2D eigenvalue weighted by molar-refractivity contribution is -0.0939. The van der Waals surface area contributed by atoms with Gasteiger partial charge < -0.3 is 14.2 Å². The van der Waals surface area contributed by atoms with Crippen molar-refractivity contribution >= 4 is 28.7 Å². The van der Waals surface area contributed by atoms with Gasteiger partial charge in [0.15, 0.2) is 17.9 Å². The first-order valence-electron chi connectivity index (χ1n) is 15.3. The van der Waals surface area contributed by atoms with E-state index >= 15 is 4.39 Å². The molecule has 0 radical (unpaired) electrons. The van der Waals surface area contributed by atoms with Crippen molar-refractivity contribution in [1.82, 2.24) is 24.3 Å². The van der Waals surface area contributed by atoms with Gasteiger partial charge in [-0.05, 0) is 76.9 Å². The number of nitrogens with one attached hydrogen (secondary N) is 1. The molecule has 5 rings (SSSR count). The van der Waals surface area contributed by atoms with Crippen molar-refractivity contribution in [3.05, 3.63) is 64.6 Å². The molecule has 1 atom stereocenters. The second kappa shape index (κ2) is 12.9. The highest BCUT2D eigenvalue weighted by Crippen LogP contribution is 2.35. The number of carbonyl (C=O) groups is 2. The molecule has 0 aliphatic carbocycles. The number of aryl methyl sites for hydroxylation is 3. The van der Waals surface area contributed by atoms with Gasteiger partial charge in [-0.1, -0.05) is 0 Å². The van der Waals surface area contributed by atoms with Gasteiger partial charge >= 0.3 is 12.1 Å². The van der Waals surface area contributed by atoms with Gasteiger partial charge in [0.2, 0.25) is 0 Å². The second-order valence-electron chi connectivity index (χ2n) is 12.7. The normalized spacial score (nSPS) is 14.9. The zero-order valence-electron chi connectivity index (χ0n) is 28.1. The highest BCUT2D eigenvalue weighted by molar-refractivity contribution is 6.00. The Labute approximate surface area is 272 Å². The van der Waals surface area contributed by atoms with E-state index in [0.717, 1.165) is 0 Å². The molecular weight excluding hydrogens is 612 g/mol. The van der Waals surface area contributed by atoms with Crippen LogP contribution in [0.3, 0.4) is 0 Å². The molecule has 0 fully saturated rings. The van der Waals surface area contributed by atoms with Crippen molar-refractivity contribution in [2.24, 2.45) is 7.05 Å². The van der Waals surface area contributed by atoms with Crippen LogP contribution in [-0.2, 0) is 27.7 Å². The van der Waals surface area contributed by atoms with Crippen molar-refractivity contribution in [2.75, 3.05) is 37.6 Å². The van der Waals surface area contributed by atoms with Crippen LogP contribution in [0.25, 0.3) is 22.3 Å². The van der Waals surface area contributed by atoms with E-state index < -0.39 is 35.9 Å². The van der Waals surface area contributed by atoms with Crippen molar-refractivity contribution in [1.29, 1.82) is 0 Å². The predicted octanol–water partition coefficient (Wildman–Crippen LogP) is 5.98. The lowest BCUT2D eigenvalue weighted by atomic mass is 10.0. The fraction of sp³-hybridized carbons (Fsp3) is 0.455. The van der Waals surface area contributed by atoms with E-state index in [1.54, 1.807) is 64.8 Å². The maximum absolute atomic E-state index is 16.0. The number of fused-ring (bicyclic) bond motifs is 2. The summed E-state index contributed by atoms with van der Waals surface area (Å²) >= 11 is 0. The van der Waals surface area contributed by atoms with Gasteiger partial charge in [0.05, 0.1) is 46.8 Å². The van der Waals surface area contributed by atoms with E-state index in [4.69, 9.17) is 19.2 Å². The van der Waals surface area contributed by atoms with E-state index in [1.807, 2.05) is 6.92 Å². The smallest absolute Gasteiger partial charge is 0.410 e. The van der Waals surface area contributed by atoms with Crippen molar-refractivity contribution in [3.8, 4) is 11.4 Å². The van der Waals surface area contributed by atoms with Crippen LogP contribution in [0.5, 0.6) is 0 Å². The Morgan fingerprint density at radius 3 is 2.38 bits per heavy atom. The summed E-state index contributed by atoms with van der Waals surface area (Å²) in [5.74, 6) is -0.674. The van der Waals surface area contributed by atoms with Crippen molar-refractivity contribution < 1.29 is 32.6 Å². The molecule has 0 spiro atoms. The molecule has 2 aromatic heterocycles. The number of amides is 3. The quantitative estimate of drug-likeness (QED) is 0.244. The summed E-state index contributed by atoms with van der Waals surface area (Å²) in [6, 6.07) is 5.14. The van der Waals surface area contributed by atoms with Crippen molar-refractivity contribution in [2.45, 2.75) is 65.9 Å². The molecule has 252 valence electrons. The Morgan fingerprint density at radius 1 is 1.11 bits per heavy atom. The molecule has 0 bridgehead atoms. The van der Waals surface area contributed by atoms with Gasteiger partial charge in [0, 0.05) is 39.8 Å². The largest absolute Gasteiger partial charge is 0.444 e. The number of hydrogen-bond acceptors (Lipinski definition) is 7. The minimum Gasteiger partial charge on any atom is -0.444 e. The molecule has 0 saturated heterocycles. The Hall–Kier alpha value is -4.56. The van der Waals surface area contributed by atoms with Crippen LogP contribution in [0, 0.1) is 25.5 Å². The molecular formula is C33H41F2N7O5. The van der Waals surface area contributed by atoms with E-state index in [0.29, 0.717) is 52.4 Å². The first kappa shape index (κ1) is 33.8. The third kappa shape index (κ3) is 6.52. The van der Waals surface area contributed by atoms with Gasteiger partial charge in [0.25, 0.3) is 0 Å². The molecule has 12 nitrogen and oxygen atoms in total. The average molecular weight is 654 g/mol. The minimum atomic E-state index is -0.898. The monoisotopic (exact) mass is 653 g/mol. The molecule has 4 aromatic rings. The first-order chi connectivity index (χ1) is 22.1. The Kier molecular flexibility index (Phi) is 9.29. The van der Waals surface area contributed by atoms with E-state index in [9.17, 15) is 14.0 Å². The Balaban J connectivity index is 1.64. The summed E-state index contributed by atoms with van der Waals surface area (Å²) in [6.45, 7) is 10.6. The number of anilines is 1. The number of carbonyl (C=O) groups excluding carboxylic acids is 2. The van der Waals surface area contributed by atoms with Crippen LogP contribution in [0.2, 0.25) is 0 Å². The van der Waals surface area contributed by atoms with Crippen LogP contribution in [0.4, 0.5) is 24.1 Å². The van der Waals surface area contributed by atoms with Gasteiger partial charge in [-0.25, -0.2) is 33.5 Å². The fourth-order valence-corrected chi connectivity index (χ4v) is 5.84. The van der Waals surface area contributed by atoms with E-state index in [1.165, 1.54) is 40.7 Å². The summed E-state index contributed by atoms with van der Waals surface area (Å²) in [7, 11) is 4.53. The van der Waals surface area contributed by atoms with Crippen molar-refractivity contribution in [3.63, 3.8) is 0 Å². The molecule has 2 aromatic carbocycles. The predicted molar refractivity (Wildman–Crippen MR) is 173 cm³/mol. The zero-order valence-corrected chi connectivity index (χ0v) is 28.1. The third-order valence-electron chi connectivity index (χ3n) is 8.21. The lowest BCUT2D eigenvalue weighted by Gasteiger charge is -2.35. The maximum Gasteiger partial charge on any atom is 0.410 e. The summed E-state index contributed by atoms with van der Waals surface area (Å²) in [5.41, 5.74) is 5.23. The summed E-state index contributed by atoms with van der Waals surface area (Å²) < 4.78 is 50.2. The number of benzene rings is 2. The number of hydrogen-bond donors (Lipinski definition) is 1. The molecule has 1 N–H and O–H groups in total. The van der Waals surface area contributed by atoms with Gasteiger partial charge in [-0.2, -0.15) is 5.10 Å². The number of aromatic nitrogens is 4. The number of imidazole rings is 1. The number of urea groups is 1. The summed E-state index contributed by atoms with van der Waals surface area (Å²) in [5, 5.41) is 4.38. The number of halogens is 2. The van der Waals surface area contributed by atoms with Crippen LogP contribution in [-0.4, -0.2) is 75.7 Å². The topological polar surface area (TPSA) is 116 Å². The van der Waals surface area contributed by atoms with Gasteiger partial charge in [-0.15, -0.1) is 0 Å². The maximum atomic E-state index is 16.0. The second-order valence-corrected chi connectivity index (χ2v) is 12.7. The number of ether oxygens (including phenoxy) is 3. The minimum absolute atomic E-state index is 0.0328. The molecule has 0 unspecified atom stereocenters. The van der Waals surface area contributed by atoms with Gasteiger partial charge in [-0.3, -0.25) is 14.5 Å².